The minimum atomic E-state index is -5.00. The molecule has 32 heavy (non-hydrogen) atoms. The van der Waals surface area contributed by atoms with Gasteiger partial charge in [-0.1, -0.05) is 24.6 Å². The number of alkyl halides is 3. The van der Waals surface area contributed by atoms with E-state index in [2.05, 4.69) is 15.2 Å². The molecule has 0 aliphatic heterocycles. The summed E-state index contributed by atoms with van der Waals surface area (Å²) in [5, 5.41) is 26.7. The first-order valence-corrected chi connectivity index (χ1v) is 9.58. The number of halogens is 4. The molecule has 11 heteroatoms. The maximum absolute atomic E-state index is 14.1. The summed E-state index contributed by atoms with van der Waals surface area (Å²) in [4.78, 5) is 14.7. The van der Waals surface area contributed by atoms with Gasteiger partial charge in [0.25, 0.3) is 0 Å². The number of aromatic carboxylic acids is 1. The lowest BCUT2D eigenvalue weighted by Gasteiger charge is -2.37. The predicted octanol–water partition coefficient (Wildman–Crippen LogP) is 4.88. The van der Waals surface area contributed by atoms with Crippen LogP contribution in [0.25, 0.3) is 0 Å². The van der Waals surface area contributed by atoms with Gasteiger partial charge < -0.3 is 14.9 Å². The zero-order valence-electron chi connectivity index (χ0n) is 16.8. The fourth-order valence-electron chi connectivity index (χ4n) is 3.20. The molecule has 2 unspecified atom stereocenters. The number of aryl methyl sites for hydroxylation is 1. The summed E-state index contributed by atoms with van der Waals surface area (Å²) in [5.41, 5.74) is -3.49. The molecule has 0 fully saturated rings. The van der Waals surface area contributed by atoms with Gasteiger partial charge in [-0.25, -0.2) is 4.79 Å². The second kappa shape index (κ2) is 8.71. The predicted molar refractivity (Wildman–Crippen MR) is 108 cm³/mol. The fourth-order valence-corrected chi connectivity index (χ4v) is 3.53. The molecule has 3 aromatic rings. The Bertz CT molecular complexity index is 1140. The van der Waals surface area contributed by atoms with E-state index < -0.39 is 23.7 Å². The lowest BCUT2D eigenvalue weighted by atomic mass is 9.78. The first kappa shape index (κ1) is 23.4. The standard InChI is InChI=1S/C21H17ClF3N3O4/c1-11-9-13(7-8-26-11)20(31,21(23,24)25)12(2)15-4-3-14(10-16(15)22)32-18-6-5-17(19(29)30)27-28-18/h3-10,12,31H,1-2H3,(H,29,30). The molecule has 0 bridgehead atoms. The number of benzene rings is 1. The number of nitrogens with zero attached hydrogens (tertiary/aromatic N) is 3. The molecule has 1 aromatic carbocycles. The average molecular weight is 468 g/mol. The SMILES string of the molecule is Cc1cc(C(O)(C(C)c2ccc(Oc3ccc(C(=O)O)nn3)cc2Cl)C(F)(F)F)ccn1. The fraction of sp³-hybridized carbons (Fsp3) is 0.238. The van der Waals surface area contributed by atoms with E-state index >= 15 is 0 Å². The highest BCUT2D eigenvalue weighted by Gasteiger charge is 2.59. The van der Waals surface area contributed by atoms with Gasteiger partial charge in [-0.15, -0.1) is 10.2 Å². The van der Waals surface area contributed by atoms with Gasteiger partial charge >= 0.3 is 12.1 Å². The van der Waals surface area contributed by atoms with Crippen LogP contribution in [0.5, 0.6) is 11.6 Å². The van der Waals surface area contributed by atoms with Crippen LogP contribution in [-0.4, -0.2) is 37.5 Å². The molecule has 0 radical (unpaired) electrons. The molecule has 2 N–H and O–H groups in total. The highest BCUT2D eigenvalue weighted by atomic mass is 35.5. The topological polar surface area (TPSA) is 105 Å². The molecule has 168 valence electrons. The summed E-state index contributed by atoms with van der Waals surface area (Å²) >= 11 is 6.25. The largest absolute Gasteiger partial charge is 0.476 e. The third kappa shape index (κ3) is 4.51. The van der Waals surface area contributed by atoms with Gasteiger partial charge in [0.15, 0.2) is 11.3 Å². The Morgan fingerprint density at radius 3 is 2.38 bits per heavy atom. The van der Waals surface area contributed by atoms with Crippen LogP contribution in [0.3, 0.4) is 0 Å². The number of hydrogen-bond acceptors (Lipinski definition) is 6. The highest BCUT2D eigenvalue weighted by molar-refractivity contribution is 6.31. The molecule has 2 aromatic heterocycles. The number of ether oxygens (including phenoxy) is 1. The Hall–Kier alpha value is -3.24. The Morgan fingerprint density at radius 2 is 1.84 bits per heavy atom. The molecular formula is C21H17ClF3N3O4. The van der Waals surface area contributed by atoms with Crippen molar-refractivity contribution >= 4 is 17.6 Å². The van der Waals surface area contributed by atoms with E-state index in [1.165, 1.54) is 56.4 Å². The van der Waals surface area contributed by atoms with Crippen LogP contribution < -0.4 is 4.74 Å². The van der Waals surface area contributed by atoms with Crippen LogP contribution in [0.15, 0.2) is 48.7 Å². The Labute approximate surface area is 185 Å². The molecule has 2 atom stereocenters. The first-order chi connectivity index (χ1) is 14.9. The number of pyridine rings is 1. The van der Waals surface area contributed by atoms with E-state index in [1.54, 1.807) is 0 Å². The third-order valence-electron chi connectivity index (χ3n) is 4.92. The minimum absolute atomic E-state index is 0.0362. The Kier molecular flexibility index (Phi) is 6.38. The van der Waals surface area contributed by atoms with Gasteiger partial charge in [-0.2, -0.15) is 13.2 Å². The maximum Gasteiger partial charge on any atom is 0.422 e. The van der Waals surface area contributed by atoms with Crippen LogP contribution in [0.2, 0.25) is 5.02 Å². The van der Waals surface area contributed by atoms with Gasteiger partial charge in [0.2, 0.25) is 5.88 Å². The third-order valence-corrected chi connectivity index (χ3v) is 5.24. The second-order valence-electron chi connectivity index (χ2n) is 7.02. The number of hydrogen-bond donors (Lipinski definition) is 2. The van der Waals surface area contributed by atoms with Gasteiger partial charge in [0.1, 0.15) is 5.75 Å². The lowest BCUT2D eigenvalue weighted by molar-refractivity contribution is -0.274. The smallest absolute Gasteiger partial charge is 0.422 e. The number of rotatable bonds is 6. The van der Waals surface area contributed by atoms with E-state index in [-0.39, 0.29) is 33.5 Å². The van der Waals surface area contributed by atoms with Crippen LogP contribution in [0, 0.1) is 6.92 Å². The maximum atomic E-state index is 14.1. The highest BCUT2D eigenvalue weighted by Crippen LogP contribution is 2.50. The second-order valence-corrected chi connectivity index (χ2v) is 7.43. The van der Waals surface area contributed by atoms with Crippen molar-refractivity contribution in [3.8, 4) is 11.6 Å². The monoisotopic (exact) mass is 467 g/mol. The molecule has 0 spiro atoms. The Balaban J connectivity index is 1.93. The van der Waals surface area contributed by atoms with Crippen LogP contribution in [-0.2, 0) is 5.60 Å². The van der Waals surface area contributed by atoms with E-state index in [9.17, 15) is 23.1 Å². The van der Waals surface area contributed by atoms with E-state index in [4.69, 9.17) is 21.4 Å². The van der Waals surface area contributed by atoms with Crippen molar-refractivity contribution in [3.63, 3.8) is 0 Å². The van der Waals surface area contributed by atoms with Crippen molar-refractivity contribution in [1.29, 1.82) is 0 Å². The number of carbonyl (C=O) groups is 1. The van der Waals surface area contributed by atoms with E-state index in [0.29, 0.717) is 5.69 Å². The van der Waals surface area contributed by atoms with Gasteiger partial charge in [-0.05, 0) is 48.4 Å². The van der Waals surface area contributed by atoms with Crippen LogP contribution in [0.4, 0.5) is 13.2 Å². The molecule has 0 aliphatic carbocycles. The summed E-state index contributed by atoms with van der Waals surface area (Å²) in [7, 11) is 0. The molecule has 0 aliphatic rings. The van der Waals surface area contributed by atoms with Gasteiger partial charge in [-0.3, -0.25) is 4.98 Å². The van der Waals surface area contributed by atoms with Gasteiger partial charge in [0, 0.05) is 28.9 Å². The van der Waals surface area contributed by atoms with Crippen LogP contribution >= 0.6 is 11.6 Å². The molecule has 3 rings (SSSR count). The summed E-state index contributed by atoms with van der Waals surface area (Å²) in [6.45, 7) is 2.75. The number of carboxylic acid groups (broad SMARTS) is 1. The first-order valence-electron chi connectivity index (χ1n) is 9.20. The van der Waals surface area contributed by atoms with E-state index in [1.807, 2.05) is 0 Å². The van der Waals surface area contributed by atoms with Crippen molar-refractivity contribution in [2.24, 2.45) is 0 Å². The normalized spacial score (nSPS) is 14.5. The van der Waals surface area contributed by atoms with Crippen molar-refractivity contribution in [3.05, 3.63) is 76.2 Å². The lowest BCUT2D eigenvalue weighted by Crippen LogP contribution is -2.46. The van der Waals surface area contributed by atoms with Crippen LogP contribution in [0.1, 0.15) is 40.2 Å². The van der Waals surface area contributed by atoms with Crippen molar-refractivity contribution in [1.82, 2.24) is 15.2 Å². The summed E-state index contributed by atoms with van der Waals surface area (Å²) in [5.74, 6) is -2.63. The zero-order valence-corrected chi connectivity index (χ0v) is 17.5. The van der Waals surface area contributed by atoms with Crippen molar-refractivity contribution < 1.29 is 32.9 Å². The van der Waals surface area contributed by atoms with E-state index in [0.717, 1.165) is 6.07 Å². The molecular weight excluding hydrogens is 451 g/mol. The minimum Gasteiger partial charge on any atom is -0.476 e. The summed E-state index contributed by atoms with van der Waals surface area (Å²) < 4.78 is 47.6. The Morgan fingerprint density at radius 1 is 1.12 bits per heavy atom. The number of aromatic nitrogens is 3. The van der Waals surface area contributed by atoms with Crippen molar-refractivity contribution in [2.75, 3.05) is 0 Å². The van der Waals surface area contributed by atoms with Crippen molar-refractivity contribution in [2.45, 2.75) is 31.5 Å². The molecule has 2 heterocycles. The summed E-state index contributed by atoms with van der Waals surface area (Å²) in [6, 6.07) is 8.69. The van der Waals surface area contributed by atoms with Gasteiger partial charge in [0.05, 0.1) is 0 Å². The molecule has 7 nitrogen and oxygen atoms in total. The number of carboxylic acids is 1. The molecule has 0 saturated carbocycles. The quantitative estimate of drug-likeness (QED) is 0.532. The average Bonchev–Trinajstić information content (AvgIpc) is 2.72. The summed E-state index contributed by atoms with van der Waals surface area (Å²) in [6.07, 6.45) is -3.80. The molecule has 0 saturated heterocycles. The zero-order chi connectivity index (χ0) is 23.7. The molecule has 0 amide bonds. The number of aliphatic hydroxyl groups is 1.